The van der Waals surface area contributed by atoms with Crippen LogP contribution in [0.1, 0.15) is 11.1 Å². The van der Waals surface area contributed by atoms with E-state index >= 15 is 0 Å². The van der Waals surface area contributed by atoms with Gasteiger partial charge in [0.25, 0.3) is 0 Å². The van der Waals surface area contributed by atoms with E-state index in [2.05, 4.69) is 0 Å². The second-order valence-electron chi connectivity index (χ2n) is 3.96. The van der Waals surface area contributed by atoms with E-state index in [1.807, 2.05) is 36.4 Å². The van der Waals surface area contributed by atoms with E-state index in [1.165, 1.54) is 0 Å². The van der Waals surface area contributed by atoms with Gasteiger partial charge in [0.05, 0.1) is 23.9 Å². The lowest BCUT2D eigenvalue weighted by molar-refractivity contribution is 0.00546. The van der Waals surface area contributed by atoms with Crippen molar-refractivity contribution in [3.63, 3.8) is 0 Å². The predicted molar refractivity (Wildman–Crippen MR) is 72.3 cm³/mol. The fourth-order valence-corrected chi connectivity index (χ4v) is 1.59. The molecule has 0 amide bonds. The number of hydrogen-bond acceptors (Lipinski definition) is 4. The van der Waals surface area contributed by atoms with Crippen LogP contribution in [0.15, 0.2) is 48.5 Å². The maximum Gasteiger partial charge on any atom is 0.189 e. The average Bonchev–Trinajstić information content (AvgIpc) is 2.46. The van der Waals surface area contributed by atoms with Crippen LogP contribution in [0.25, 0.3) is 0 Å². The van der Waals surface area contributed by atoms with Crippen LogP contribution >= 0.6 is 0 Å². The fourth-order valence-electron chi connectivity index (χ4n) is 1.59. The SMILES string of the molecule is N#Cc1ccc(OCOCc2ccccc2)c(N)c1. The zero-order valence-electron chi connectivity index (χ0n) is 10.4. The van der Waals surface area contributed by atoms with Crippen molar-refractivity contribution in [1.29, 1.82) is 5.26 Å². The number of benzene rings is 2. The first-order valence-electron chi connectivity index (χ1n) is 5.83. The van der Waals surface area contributed by atoms with Gasteiger partial charge in [-0.3, -0.25) is 0 Å². The Balaban J connectivity index is 1.82. The molecule has 96 valence electrons. The van der Waals surface area contributed by atoms with Crippen LogP contribution in [-0.2, 0) is 11.3 Å². The quantitative estimate of drug-likeness (QED) is 0.506. The van der Waals surface area contributed by atoms with E-state index in [4.69, 9.17) is 20.5 Å². The molecule has 0 saturated carbocycles. The van der Waals surface area contributed by atoms with Crippen molar-refractivity contribution in [1.82, 2.24) is 0 Å². The first kappa shape index (κ1) is 12.9. The third kappa shape index (κ3) is 3.73. The lowest BCUT2D eigenvalue weighted by Crippen LogP contribution is -2.04. The van der Waals surface area contributed by atoms with Crippen LogP contribution in [0, 0.1) is 11.3 Å². The van der Waals surface area contributed by atoms with Crippen molar-refractivity contribution >= 4 is 5.69 Å². The van der Waals surface area contributed by atoms with Gasteiger partial charge in [0.2, 0.25) is 0 Å². The molecule has 0 atom stereocenters. The highest BCUT2D eigenvalue weighted by atomic mass is 16.7. The Morgan fingerprint density at radius 1 is 1.11 bits per heavy atom. The molecule has 0 aliphatic heterocycles. The molecule has 2 aromatic rings. The molecule has 4 heteroatoms. The van der Waals surface area contributed by atoms with Crippen LogP contribution in [0.5, 0.6) is 5.75 Å². The largest absolute Gasteiger partial charge is 0.465 e. The zero-order valence-corrected chi connectivity index (χ0v) is 10.4. The Morgan fingerprint density at radius 3 is 2.58 bits per heavy atom. The summed E-state index contributed by atoms with van der Waals surface area (Å²) < 4.78 is 10.8. The Bertz CT molecular complexity index is 576. The number of nitrogen functional groups attached to an aromatic ring is 1. The minimum absolute atomic E-state index is 0.116. The molecule has 0 unspecified atom stereocenters. The second kappa shape index (κ2) is 6.43. The Kier molecular flexibility index (Phi) is 4.38. The summed E-state index contributed by atoms with van der Waals surface area (Å²) >= 11 is 0. The summed E-state index contributed by atoms with van der Waals surface area (Å²) in [5.41, 5.74) is 7.78. The van der Waals surface area contributed by atoms with Crippen LogP contribution in [-0.4, -0.2) is 6.79 Å². The van der Waals surface area contributed by atoms with Gasteiger partial charge >= 0.3 is 0 Å². The van der Waals surface area contributed by atoms with Gasteiger partial charge in [-0.2, -0.15) is 5.26 Å². The summed E-state index contributed by atoms with van der Waals surface area (Å²) in [5.74, 6) is 0.520. The molecule has 0 radical (unpaired) electrons. The molecule has 0 aliphatic rings. The molecule has 2 N–H and O–H groups in total. The summed E-state index contributed by atoms with van der Waals surface area (Å²) in [6.07, 6.45) is 0. The van der Waals surface area contributed by atoms with Crippen molar-refractivity contribution in [3.05, 3.63) is 59.7 Å². The highest BCUT2D eigenvalue weighted by Crippen LogP contribution is 2.22. The normalized spacial score (nSPS) is 9.84. The lowest BCUT2D eigenvalue weighted by Gasteiger charge is -2.09. The number of nitrogens with two attached hydrogens (primary N) is 1. The highest BCUT2D eigenvalue weighted by Gasteiger charge is 2.01. The number of rotatable bonds is 5. The van der Waals surface area contributed by atoms with Crippen molar-refractivity contribution < 1.29 is 9.47 Å². The molecule has 19 heavy (non-hydrogen) atoms. The van der Waals surface area contributed by atoms with E-state index in [9.17, 15) is 0 Å². The van der Waals surface area contributed by atoms with E-state index in [-0.39, 0.29) is 6.79 Å². The van der Waals surface area contributed by atoms with E-state index in [1.54, 1.807) is 18.2 Å². The van der Waals surface area contributed by atoms with E-state index in [0.717, 1.165) is 5.56 Å². The molecule has 0 spiro atoms. The summed E-state index contributed by atoms with van der Waals surface area (Å²) in [6, 6.07) is 16.7. The summed E-state index contributed by atoms with van der Waals surface area (Å²) in [4.78, 5) is 0. The van der Waals surface area contributed by atoms with Gasteiger partial charge in [0, 0.05) is 0 Å². The molecule has 0 aromatic heterocycles. The Morgan fingerprint density at radius 2 is 1.89 bits per heavy atom. The van der Waals surface area contributed by atoms with Crippen molar-refractivity contribution in [2.75, 3.05) is 12.5 Å². The molecule has 0 fully saturated rings. The average molecular weight is 254 g/mol. The minimum atomic E-state index is 0.116. The van der Waals surface area contributed by atoms with E-state index < -0.39 is 0 Å². The Labute approximate surface area is 112 Å². The summed E-state index contributed by atoms with van der Waals surface area (Å²) in [5, 5.41) is 8.72. The second-order valence-corrected chi connectivity index (χ2v) is 3.96. The topological polar surface area (TPSA) is 68.3 Å². The minimum Gasteiger partial charge on any atom is -0.465 e. The number of nitriles is 1. The molecule has 2 aromatic carbocycles. The summed E-state index contributed by atoms with van der Waals surface area (Å²) in [6.45, 7) is 0.599. The van der Waals surface area contributed by atoms with Gasteiger partial charge in [-0.15, -0.1) is 0 Å². The summed E-state index contributed by atoms with van der Waals surface area (Å²) in [7, 11) is 0. The smallest absolute Gasteiger partial charge is 0.189 e. The van der Waals surface area contributed by atoms with Gasteiger partial charge in [0.15, 0.2) is 6.79 Å². The van der Waals surface area contributed by atoms with Crippen molar-refractivity contribution in [2.45, 2.75) is 6.61 Å². The number of ether oxygens (including phenoxy) is 2. The molecule has 0 heterocycles. The standard InChI is InChI=1S/C15H14N2O2/c16-9-13-6-7-15(14(17)8-13)19-11-18-10-12-4-2-1-3-5-12/h1-8H,10-11,17H2. The van der Waals surface area contributed by atoms with Crippen LogP contribution in [0.2, 0.25) is 0 Å². The first-order valence-corrected chi connectivity index (χ1v) is 5.83. The van der Waals surface area contributed by atoms with Crippen molar-refractivity contribution in [3.8, 4) is 11.8 Å². The highest BCUT2D eigenvalue weighted by molar-refractivity contribution is 5.56. The molecule has 2 rings (SSSR count). The third-order valence-corrected chi connectivity index (χ3v) is 2.55. The number of nitrogens with zero attached hydrogens (tertiary/aromatic N) is 1. The third-order valence-electron chi connectivity index (χ3n) is 2.55. The van der Waals surface area contributed by atoms with Crippen LogP contribution < -0.4 is 10.5 Å². The lowest BCUT2D eigenvalue weighted by atomic mass is 10.2. The van der Waals surface area contributed by atoms with Crippen molar-refractivity contribution in [2.24, 2.45) is 0 Å². The van der Waals surface area contributed by atoms with Gasteiger partial charge in [0.1, 0.15) is 5.75 Å². The zero-order chi connectivity index (χ0) is 13.5. The fraction of sp³-hybridized carbons (Fsp3) is 0.133. The van der Waals surface area contributed by atoms with Gasteiger partial charge in [-0.05, 0) is 23.8 Å². The molecular formula is C15H14N2O2. The molecule has 0 bridgehead atoms. The Hall–Kier alpha value is -2.51. The van der Waals surface area contributed by atoms with Crippen LogP contribution in [0.4, 0.5) is 5.69 Å². The monoisotopic (exact) mass is 254 g/mol. The molecular weight excluding hydrogens is 240 g/mol. The van der Waals surface area contributed by atoms with Gasteiger partial charge in [-0.1, -0.05) is 30.3 Å². The maximum absolute atomic E-state index is 8.72. The molecule has 0 aliphatic carbocycles. The molecule has 0 saturated heterocycles. The number of anilines is 1. The van der Waals surface area contributed by atoms with Crippen LogP contribution in [0.3, 0.4) is 0 Å². The predicted octanol–water partition coefficient (Wildman–Crippen LogP) is 2.69. The molecule has 4 nitrogen and oxygen atoms in total. The number of hydrogen-bond donors (Lipinski definition) is 1. The van der Waals surface area contributed by atoms with E-state index in [0.29, 0.717) is 23.6 Å². The van der Waals surface area contributed by atoms with Gasteiger partial charge < -0.3 is 15.2 Å². The maximum atomic E-state index is 8.72. The van der Waals surface area contributed by atoms with Gasteiger partial charge in [-0.25, -0.2) is 0 Å². The first-order chi connectivity index (χ1) is 9.29.